The molecule has 8 heteroatoms. The third-order valence-electron chi connectivity index (χ3n) is 4.27. The zero-order valence-corrected chi connectivity index (χ0v) is 16.8. The molecular formula is C17H25ClN2O3S2. The molecule has 0 saturated carbocycles. The van der Waals surface area contributed by atoms with Crippen LogP contribution >= 0.6 is 23.4 Å². The van der Waals surface area contributed by atoms with E-state index >= 15 is 0 Å². The minimum atomic E-state index is -3.21. The van der Waals surface area contributed by atoms with Crippen molar-refractivity contribution in [1.82, 2.24) is 9.62 Å². The van der Waals surface area contributed by atoms with Crippen molar-refractivity contribution in [3.63, 3.8) is 0 Å². The highest BCUT2D eigenvalue weighted by molar-refractivity contribution is 7.98. The smallest absolute Gasteiger partial charge is 0.224 e. The Labute approximate surface area is 159 Å². The van der Waals surface area contributed by atoms with Gasteiger partial charge in [-0.2, -0.15) is 11.8 Å². The first-order valence-electron chi connectivity index (χ1n) is 8.50. The Hall–Kier alpha value is -0.760. The number of benzene rings is 1. The van der Waals surface area contributed by atoms with Crippen molar-refractivity contribution in [2.75, 3.05) is 31.1 Å². The highest BCUT2D eigenvalue weighted by Crippen LogP contribution is 2.21. The average Bonchev–Trinajstić information content (AvgIpc) is 2.63. The topological polar surface area (TPSA) is 66.5 Å². The number of sulfonamides is 1. The second-order valence-corrected chi connectivity index (χ2v) is 9.80. The summed E-state index contributed by atoms with van der Waals surface area (Å²) in [6.45, 7) is 3.03. The first-order chi connectivity index (χ1) is 11.9. The van der Waals surface area contributed by atoms with Gasteiger partial charge in [0.05, 0.1) is 11.7 Å². The number of hydrogen-bond acceptors (Lipinski definition) is 4. The van der Waals surface area contributed by atoms with E-state index in [1.807, 2.05) is 24.3 Å². The molecule has 0 spiro atoms. The Balaban J connectivity index is 1.70. The molecule has 1 aromatic carbocycles. The van der Waals surface area contributed by atoms with E-state index in [0.29, 0.717) is 19.6 Å². The molecule has 0 bridgehead atoms. The molecule has 0 unspecified atom stereocenters. The van der Waals surface area contributed by atoms with E-state index in [4.69, 9.17) is 11.6 Å². The number of piperidine rings is 1. The molecule has 0 aromatic heterocycles. The fraction of sp³-hybridized carbons (Fsp3) is 0.588. The Morgan fingerprint density at radius 2 is 2.16 bits per heavy atom. The second-order valence-electron chi connectivity index (χ2n) is 6.03. The molecule has 140 valence electrons. The number of carbonyl (C=O) groups excluding carboxylic acids is 1. The molecule has 2 rings (SSSR count). The van der Waals surface area contributed by atoms with Gasteiger partial charge >= 0.3 is 0 Å². The minimum Gasteiger partial charge on any atom is -0.355 e. The van der Waals surface area contributed by atoms with Gasteiger partial charge in [0.15, 0.2) is 0 Å². The molecule has 0 radical (unpaired) electrons. The van der Waals surface area contributed by atoms with Crippen molar-refractivity contribution < 1.29 is 13.2 Å². The van der Waals surface area contributed by atoms with E-state index in [9.17, 15) is 13.2 Å². The van der Waals surface area contributed by atoms with Gasteiger partial charge in [-0.3, -0.25) is 4.79 Å². The third-order valence-corrected chi connectivity index (χ3v) is 7.50. The van der Waals surface area contributed by atoms with Crippen LogP contribution in [-0.4, -0.2) is 49.8 Å². The number of halogens is 1. The molecule has 1 amide bonds. The number of nitrogens with zero attached hydrogens (tertiary/aromatic N) is 1. The quantitative estimate of drug-likeness (QED) is 0.676. The molecule has 1 atom stereocenters. The molecule has 1 aliphatic rings. The summed E-state index contributed by atoms with van der Waals surface area (Å²) < 4.78 is 25.4. The molecule has 1 aliphatic heterocycles. The summed E-state index contributed by atoms with van der Waals surface area (Å²) in [6.07, 6.45) is 1.48. The highest BCUT2D eigenvalue weighted by atomic mass is 35.5. The molecule has 1 saturated heterocycles. The van der Waals surface area contributed by atoms with Gasteiger partial charge in [-0.25, -0.2) is 12.7 Å². The number of thioether (sulfide) groups is 1. The van der Waals surface area contributed by atoms with Crippen molar-refractivity contribution in [3.05, 3.63) is 34.9 Å². The van der Waals surface area contributed by atoms with Gasteiger partial charge < -0.3 is 5.32 Å². The van der Waals surface area contributed by atoms with Crippen molar-refractivity contribution in [2.45, 2.75) is 25.5 Å². The highest BCUT2D eigenvalue weighted by Gasteiger charge is 2.31. The zero-order chi connectivity index (χ0) is 18.3. The lowest BCUT2D eigenvalue weighted by Gasteiger charge is -2.30. The normalized spacial score (nSPS) is 18.9. The average molecular weight is 405 g/mol. The molecule has 1 fully saturated rings. The Morgan fingerprint density at radius 3 is 2.88 bits per heavy atom. The van der Waals surface area contributed by atoms with Crippen LogP contribution in [0.25, 0.3) is 0 Å². The monoisotopic (exact) mass is 404 g/mol. The molecule has 5 nitrogen and oxygen atoms in total. The van der Waals surface area contributed by atoms with Crippen LogP contribution in [0.4, 0.5) is 0 Å². The van der Waals surface area contributed by atoms with Crippen LogP contribution in [-0.2, 0) is 20.6 Å². The Morgan fingerprint density at radius 1 is 1.40 bits per heavy atom. The van der Waals surface area contributed by atoms with E-state index in [0.717, 1.165) is 34.9 Å². The van der Waals surface area contributed by atoms with Crippen LogP contribution in [0, 0.1) is 5.92 Å². The van der Waals surface area contributed by atoms with Gasteiger partial charge in [0.25, 0.3) is 0 Å². The Bertz CT molecular complexity index is 682. The Kier molecular flexibility index (Phi) is 8.06. The summed E-state index contributed by atoms with van der Waals surface area (Å²) in [5.74, 6) is 1.39. The van der Waals surface area contributed by atoms with Gasteiger partial charge in [-0.05, 0) is 31.4 Å². The van der Waals surface area contributed by atoms with E-state index in [1.165, 1.54) is 4.31 Å². The summed E-state index contributed by atoms with van der Waals surface area (Å²) in [6, 6.07) is 7.74. The SMILES string of the molecule is CCS(=O)(=O)N1CCC[C@H](C(=O)NCCSCc2ccccc2Cl)C1. The zero-order valence-electron chi connectivity index (χ0n) is 14.4. The first-order valence-corrected chi connectivity index (χ1v) is 11.6. The molecular weight excluding hydrogens is 380 g/mol. The molecule has 0 aliphatic carbocycles. The number of amides is 1. The summed E-state index contributed by atoms with van der Waals surface area (Å²) in [7, 11) is -3.21. The fourth-order valence-electron chi connectivity index (χ4n) is 2.78. The fourth-order valence-corrected chi connectivity index (χ4v) is 5.10. The van der Waals surface area contributed by atoms with Crippen LogP contribution in [0.5, 0.6) is 0 Å². The van der Waals surface area contributed by atoms with Gasteiger partial charge in [0, 0.05) is 36.2 Å². The number of rotatable bonds is 8. The molecule has 25 heavy (non-hydrogen) atoms. The summed E-state index contributed by atoms with van der Waals surface area (Å²) in [5, 5.41) is 3.69. The maximum atomic E-state index is 12.3. The number of carbonyl (C=O) groups is 1. The van der Waals surface area contributed by atoms with E-state index in [2.05, 4.69) is 5.32 Å². The van der Waals surface area contributed by atoms with Gasteiger partial charge in [0.1, 0.15) is 0 Å². The van der Waals surface area contributed by atoms with Crippen molar-refractivity contribution in [1.29, 1.82) is 0 Å². The van der Waals surface area contributed by atoms with Crippen LogP contribution in [0.1, 0.15) is 25.3 Å². The van der Waals surface area contributed by atoms with Crippen molar-refractivity contribution in [2.24, 2.45) is 5.92 Å². The number of nitrogens with one attached hydrogen (secondary N) is 1. The van der Waals surface area contributed by atoms with E-state index in [1.54, 1.807) is 18.7 Å². The standard InChI is InChI=1S/C17H25ClN2O3S2/c1-2-25(22,23)20-10-5-7-14(12-20)17(21)19-9-11-24-13-15-6-3-4-8-16(15)18/h3-4,6,8,14H,2,5,7,9-13H2,1H3,(H,19,21)/t14-/m0/s1. The predicted molar refractivity (Wildman–Crippen MR) is 104 cm³/mol. The first kappa shape index (κ1) is 20.6. The predicted octanol–water partition coefficient (Wildman–Crippen LogP) is 2.75. The van der Waals surface area contributed by atoms with Crippen molar-refractivity contribution >= 4 is 39.3 Å². The molecule has 1 N–H and O–H groups in total. The van der Waals surface area contributed by atoms with Gasteiger partial charge in [0.2, 0.25) is 15.9 Å². The number of hydrogen-bond donors (Lipinski definition) is 1. The lowest BCUT2D eigenvalue weighted by Crippen LogP contribution is -2.46. The third kappa shape index (κ3) is 6.16. The summed E-state index contributed by atoms with van der Waals surface area (Å²) >= 11 is 7.83. The maximum absolute atomic E-state index is 12.3. The largest absolute Gasteiger partial charge is 0.355 e. The lowest BCUT2D eigenvalue weighted by molar-refractivity contribution is -0.125. The van der Waals surface area contributed by atoms with Crippen LogP contribution in [0.2, 0.25) is 5.02 Å². The summed E-state index contributed by atoms with van der Waals surface area (Å²) in [5.41, 5.74) is 1.09. The molecule has 1 aromatic rings. The van der Waals surface area contributed by atoms with Crippen molar-refractivity contribution in [3.8, 4) is 0 Å². The van der Waals surface area contributed by atoms with Gasteiger partial charge in [-0.15, -0.1) is 0 Å². The van der Waals surface area contributed by atoms with Gasteiger partial charge in [-0.1, -0.05) is 29.8 Å². The minimum absolute atomic E-state index is 0.0469. The van der Waals surface area contributed by atoms with E-state index < -0.39 is 10.0 Å². The summed E-state index contributed by atoms with van der Waals surface area (Å²) in [4.78, 5) is 12.3. The van der Waals surface area contributed by atoms with Crippen LogP contribution < -0.4 is 5.32 Å². The maximum Gasteiger partial charge on any atom is 0.224 e. The lowest BCUT2D eigenvalue weighted by atomic mass is 9.99. The second kappa shape index (κ2) is 9.80. The van der Waals surface area contributed by atoms with E-state index in [-0.39, 0.29) is 17.6 Å². The van der Waals surface area contributed by atoms with Crippen LogP contribution in [0.3, 0.4) is 0 Å². The van der Waals surface area contributed by atoms with Crippen LogP contribution in [0.15, 0.2) is 24.3 Å². The molecule has 1 heterocycles.